The van der Waals surface area contributed by atoms with Crippen molar-refractivity contribution < 1.29 is 4.79 Å². The molecule has 0 spiro atoms. The Labute approximate surface area is 190 Å². The van der Waals surface area contributed by atoms with Crippen LogP contribution >= 0.6 is 23.5 Å². The van der Waals surface area contributed by atoms with Crippen LogP contribution in [0.2, 0.25) is 0 Å². The van der Waals surface area contributed by atoms with Crippen molar-refractivity contribution in [3.63, 3.8) is 0 Å². The fourth-order valence-corrected chi connectivity index (χ4v) is 6.07. The Bertz CT molecular complexity index is 1170. The Morgan fingerprint density at radius 3 is 2.55 bits per heavy atom. The number of thioether (sulfide) groups is 1. The Hall–Kier alpha value is -2.75. The number of anilines is 2. The van der Waals surface area contributed by atoms with Gasteiger partial charge in [0.25, 0.3) is 0 Å². The monoisotopic (exact) mass is 443 g/mol. The van der Waals surface area contributed by atoms with Crippen LogP contribution in [0.5, 0.6) is 0 Å². The number of carbonyl (C=O) groups is 1. The predicted molar refractivity (Wildman–Crippen MR) is 125 cm³/mol. The molecule has 2 heterocycles. The van der Waals surface area contributed by atoms with Crippen molar-refractivity contribution in [1.82, 2.24) is 4.98 Å². The number of para-hydroxylation sites is 2. The standard InChI is InChI=1S/C25H21N3OS2/c1-16-10-11-19-17(12-16)13-18(14-26)25(27-19)30-15-24(29)28-20-6-2-4-8-22(20)31-23-9-5-3-7-21(23)28/h2-9,13,16H,10-12,15H2,1H3/t16-/m0/s1. The molecule has 1 aliphatic carbocycles. The molecule has 3 aromatic rings. The molecule has 154 valence electrons. The minimum atomic E-state index is -0.0118. The zero-order valence-corrected chi connectivity index (χ0v) is 18.8. The van der Waals surface area contributed by atoms with E-state index in [9.17, 15) is 10.1 Å². The lowest BCUT2D eigenvalue weighted by molar-refractivity contribution is -0.115. The van der Waals surface area contributed by atoms with Gasteiger partial charge in [0, 0.05) is 15.5 Å². The van der Waals surface area contributed by atoms with E-state index in [1.165, 1.54) is 17.3 Å². The second-order valence-electron chi connectivity index (χ2n) is 7.96. The van der Waals surface area contributed by atoms with Crippen LogP contribution in [0.1, 0.15) is 30.2 Å². The zero-order valence-electron chi connectivity index (χ0n) is 17.2. The quantitative estimate of drug-likeness (QED) is 0.465. The van der Waals surface area contributed by atoms with Gasteiger partial charge in [0.15, 0.2) is 0 Å². The van der Waals surface area contributed by atoms with E-state index in [4.69, 9.17) is 4.98 Å². The summed E-state index contributed by atoms with van der Waals surface area (Å²) < 4.78 is 0. The van der Waals surface area contributed by atoms with Gasteiger partial charge in [0.1, 0.15) is 11.1 Å². The summed E-state index contributed by atoms with van der Waals surface area (Å²) in [6.45, 7) is 2.24. The number of aromatic nitrogens is 1. The molecule has 1 atom stereocenters. The third-order valence-corrected chi connectivity index (χ3v) is 7.84. The summed E-state index contributed by atoms with van der Waals surface area (Å²) in [5.41, 5.74) is 4.65. The molecule has 2 aromatic carbocycles. The van der Waals surface area contributed by atoms with Gasteiger partial charge in [-0.15, -0.1) is 0 Å². The predicted octanol–water partition coefficient (Wildman–Crippen LogP) is 6.00. The molecule has 0 radical (unpaired) electrons. The summed E-state index contributed by atoms with van der Waals surface area (Å²) in [6.07, 6.45) is 3.03. The largest absolute Gasteiger partial charge is 0.278 e. The first kappa shape index (κ1) is 20.2. The average molecular weight is 444 g/mol. The molecule has 4 nitrogen and oxygen atoms in total. The van der Waals surface area contributed by atoms with Crippen molar-refractivity contribution in [2.45, 2.75) is 41.0 Å². The van der Waals surface area contributed by atoms with E-state index in [1.54, 1.807) is 16.7 Å². The molecule has 0 fully saturated rings. The Balaban J connectivity index is 1.43. The number of rotatable bonds is 3. The summed E-state index contributed by atoms with van der Waals surface area (Å²) in [6, 6.07) is 20.2. The van der Waals surface area contributed by atoms with Gasteiger partial charge in [0.05, 0.1) is 22.7 Å². The van der Waals surface area contributed by atoms with Gasteiger partial charge in [-0.1, -0.05) is 54.7 Å². The molecule has 0 unspecified atom stereocenters. The van der Waals surface area contributed by atoms with Crippen molar-refractivity contribution in [2.75, 3.05) is 10.7 Å². The summed E-state index contributed by atoms with van der Waals surface area (Å²) in [4.78, 5) is 22.1. The number of aryl methyl sites for hydroxylation is 1. The fraction of sp³-hybridized carbons (Fsp3) is 0.240. The maximum absolute atomic E-state index is 13.4. The van der Waals surface area contributed by atoms with Gasteiger partial charge in [0.2, 0.25) is 5.91 Å². The second kappa shape index (κ2) is 8.41. The molecule has 0 saturated carbocycles. The lowest BCUT2D eigenvalue weighted by Gasteiger charge is -2.31. The van der Waals surface area contributed by atoms with Crippen molar-refractivity contribution in [2.24, 2.45) is 5.92 Å². The second-order valence-corrected chi connectivity index (χ2v) is 10.0. The normalized spacial score (nSPS) is 16.6. The minimum Gasteiger partial charge on any atom is -0.278 e. The van der Waals surface area contributed by atoms with Crippen LogP contribution < -0.4 is 4.90 Å². The third kappa shape index (κ3) is 3.84. The molecule has 0 N–H and O–H groups in total. The van der Waals surface area contributed by atoms with Crippen LogP contribution in [0.3, 0.4) is 0 Å². The highest BCUT2D eigenvalue weighted by Gasteiger charge is 2.28. The van der Waals surface area contributed by atoms with Gasteiger partial charge in [-0.3, -0.25) is 9.69 Å². The summed E-state index contributed by atoms with van der Waals surface area (Å²) in [7, 11) is 0. The van der Waals surface area contributed by atoms with Gasteiger partial charge >= 0.3 is 0 Å². The molecule has 5 rings (SSSR count). The van der Waals surface area contributed by atoms with E-state index in [0.29, 0.717) is 16.5 Å². The van der Waals surface area contributed by atoms with Crippen LogP contribution in [-0.4, -0.2) is 16.6 Å². The third-order valence-electron chi connectivity index (χ3n) is 5.73. The van der Waals surface area contributed by atoms with Crippen LogP contribution in [0.25, 0.3) is 0 Å². The zero-order chi connectivity index (χ0) is 21.4. The topological polar surface area (TPSA) is 57.0 Å². The Kier molecular flexibility index (Phi) is 5.47. The number of nitriles is 1. The van der Waals surface area contributed by atoms with E-state index in [0.717, 1.165) is 46.1 Å². The number of amides is 1. The van der Waals surface area contributed by atoms with Crippen molar-refractivity contribution in [3.05, 3.63) is 71.4 Å². The maximum atomic E-state index is 13.4. The van der Waals surface area contributed by atoms with E-state index in [-0.39, 0.29) is 11.7 Å². The van der Waals surface area contributed by atoms with Crippen molar-refractivity contribution in [3.8, 4) is 6.07 Å². The summed E-state index contributed by atoms with van der Waals surface area (Å²) in [5.74, 6) is 0.838. The summed E-state index contributed by atoms with van der Waals surface area (Å²) in [5, 5.41) is 10.3. The first-order valence-electron chi connectivity index (χ1n) is 10.4. The lowest BCUT2D eigenvalue weighted by atomic mass is 9.87. The Morgan fingerprint density at radius 2 is 1.87 bits per heavy atom. The molecule has 31 heavy (non-hydrogen) atoms. The number of pyridine rings is 1. The number of carbonyl (C=O) groups excluding carboxylic acids is 1. The fourth-order valence-electron chi connectivity index (χ4n) is 4.19. The molecule has 1 amide bonds. The van der Waals surface area contributed by atoms with Crippen molar-refractivity contribution in [1.29, 1.82) is 5.26 Å². The van der Waals surface area contributed by atoms with E-state index in [2.05, 4.69) is 13.0 Å². The summed E-state index contributed by atoms with van der Waals surface area (Å²) >= 11 is 3.05. The molecular weight excluding hydrogens is 422 g/mol. The van der Waals surface area contributed by atoms with E-state index >= 15 is 0 Å². The molecule has 2 aliphatic rings. The number of hydrogen-bond donors (Lipinski definition) is 0. The first-order valence-corrected chi connectivity index (χ1v) is 12.2. The molecule has 0 bridgehead atoms. The smallest absolute Gasteiger partial charge is 0.242 e. The molecule has 6 heteroatoms. The molecule has 1 aromatic heterocycles. The highest BCUT2D eigenvalue weighted by molar-refractivity contribution is 8.00. The number of hydrogen-bond acceptors (Lipinski definition) is 5. The highest BCUT2D eigenvalue weighted by Crippen LogP contribution is 2.48. The highest BCUT2D eigenvalue weighted by atomic mass is 32.2. The Morgan fingerprint density at radius 1 is 1.19 bits per heavy atom. The maximum Gasteiger partial charge on any atom is 0.242 e. The molecule has 1 aliphatic heterocycles. The number of fused-ring (bicyclic) bond motifs is 3. The van der Waals surface area contributed by atoms with Crippen LogP contribution in [-0.2, 0) is 17.6 Å². The van der Waals surface area contributed by atoms with Crippen LogP contribution in [0, 0.1) is 17.2 Å². The molecular formula is C25H21N3OS2. The van der Waals surface area contributed by atoms with E-state index < -0.39 is 0 Å². The van der Waals surface area contributed by atoms with Crippen LogP contribution in [0.15, 0.2) is 69.4 Å². The van der Waals surface area contributed by atoms with Gasteiger partial charge < -0.3 is 0 Å². The average Bonchev–Trinajstić information content (AvgIpc) is 2.80. The van der Waals surface area contributed by atoms with E-state index in [1.807, 2.05) is 54.6 Å². The van der Waals surface area contributed by atoms with Gasteiger partial charge in [-0.05, 0) is 61.1 Å². The van der Waals surface area contributed by atoms with Gasteiger partial charge in [-0.25, -0.2) is 4.98 Å². The van der Waals surface area contributed by atoms with Crippen LogP contribution in [0.4, 0.5) is 11.4 Å². The molecule has 0 saturated heterocycles. The minimum absolute atomic E-state index is 0.0118. The van der Waals surface area contributed by atoms with Crippen molar-refractivity contribution >= 4 is 40.8 Å². The lowest BCUT2D eigenvalue weighted by Crippen LogP contribution is -2.30. The first-order chi connectivity index (χ1) is 15.1. The number of nitrogens with zero attached hydrogens (tertiary/aromatic N) is 3. The SMILES string of the molecule is C[C@H]1CCc2nc(SCC(=O)N3c4ccccc4Sc4ccccc43)c(C#N)cc2C1. The number of benzene rings is 2. The van der Waals surface area contributed by atoms with Gasteiger partial charge in [-0.2, -0.15) is 5.26 Å².